The second-order valence-corrected chi connectivity index (χ2v) is 5.71. The molecule has 1 aromatic carbocycles. The summed E-state index contributed by atoms with van der Waals surface area (Å²) < 4.78 is 0. The predicted octanol–water partition coefficient (Wildman–Crippen LogP) is 2.54. The van der Waals surface area contributed by atoms with E-state index in [4.69, 9.17) is 5.11 Å². The number of anilines is 1. The number of carboxylic acids is 1. The Bertz CT molecular complexity index is 659. The summed E-state index contributed by atoms with van der Waals surface area (Å²) in [6.07, 6.45) is 1.17. The number of nitro groups is 1. The van der Waals surface area contributed by atoms with Gasteiger partial charge in [-0.2, -0.15) is 0 Å². The Hall–Kier alpha value is -2.64. The Morgan fingerprint density at radius 3 is 2.70 bits per heavy atom. The molecule has 0 radical (unpaired) electrons. The fraction of sp³-hybridized carbons (Fsp3) is 0.467. The van der Waals surface area contributed by atoms with E-state index >= 15 is 0 Å². The van der Waals surface area contributed by atoms with Crippen LogP contribution in [-0.2, 0) is 4.79 Å². The van der Waals surface area contributed by atoms with Gasteiger partial charge < -0.3 is 15.3 Å². The van der Waals surface area contributed by atoms with Crippen LogP contribution in [0.1, 0.15) is 24.0 Å². The van der Waals surface area contributed by atoms with Crippen LogP contribution in [0.15, 0.2) is 12.1 Å². The maximum Gasteiger partial charge on any atom is 0.321 e. The van der Waals surface area contributed by atoms with E-state index in [9.17, 15) is 19.7 Å². The molecule has 1 fully saturated rings. The molecule has 0 bridgehead atoms. The number of benzene rings is 1. The summed E-state index contributed by atoms with van der Waals surface area (Å²) in [4.78, 5) is 35.4. The molecule has 0 spiro atoms. The van der Waals surface area contributed by atoms with E-state index in [1.54, 1.807) is 19.9 Å². The Kier molecular flexibility index (Phi) is 4.83. The molecule has 23 heavy (non-hydrogen) atoms. The number of hydrogen-bond donors (Lipinski definition) is 2. The van der Waals surface area contributed by atoms with Crippen LogP contribution < -0.4 is 5.32 Å². The van der Waals surface area contributed by atoms with E-state index in [-0.39, 0.29) is 12.2 Å². The topological polar surface area (TPSA) is 113 Å². The number of carboxylic acid groups (broad SMARTS) is 1. The molecular weight excluding hydrogens is 302 g/mol. The molecule has 1 saturated heterocycles. The number of carbonyl (C=O) groups excluding carboxylic acids is 1. The zero-order valence-electron chi connectivity index (χ0n) is 13.0. The minimum absolute atomic E-state index is 0.0621. The summed E-state index contributed by atoms with van der Waals surface area (Å²) in [5.41, 5.74) is 1.44. The van der Waals surface area contributed by atoms with Gasteiger partial charge in [-0.3, -0.25) is 14.9 Å². The highest BCUT2D eigenvalue weighted by Crippen LogP contribution is 2.29. The standard InChI is InChI=1S/C15H19N3O5/c1-9-5-6-12(18(22)23)10(2)13(9)16-15(21)17-7-3-4-11(8-17)14(19)20/h5-6,11H,3-4,7-8H2,1-2H3,(H,16,21)(H,19,20). The van der Waals surface area contributed by atoms with Crippen molar-refractivity contribution in [2.75, 3.05) is 18.4 Å². The van der Waals surface area contributed by atoms with Crippen molar-refractivity contribution >= 4 is 23.4 Å². The van der Waals surface area contributed by atoms with Crippen LogP contribution in [0.5, 0.6) is 0 Å². The molecule has 1 unspecified atom stereocenters. The number of hydrogen-bond acceptors (Lipinski definition) is 4. The number of aryl methyl sites for hydroxylation is 1. The predicted molar refractivity (Wildman–Crippen MR) is 83.5 cm³/mol. The average Bonchev–Trinajstić information content (AvgIpc) is 2.50. The van der Waals surface area contributed by atoms with Gasteiger partial charge in [-0.25, -0.2) is 4.79 Å². The number of nitrogens with one attached hydrogen (secondary N) is 1. The second-order valence-electron chi connectivity index (χ2n) is 5.71. The van der Waals surface area contributed by atoms with Crippen LogP contribution in [0.3, 0.4) is 0 Å². The van der Waals surface area contributed by atoms with Crippen molar-refractivity contribution in [3.8, 4) is 0 Å². The van der Waals surface area contributed by atoms with E-state index in [1.165, 1.54) is 11.0 Å². The number of aliphatic carboxylic acids is 1. The third-order valence-corrected chi connectivity index (χ3v) is 4.13. The maximum atomic E-state index is 12.4. The average molecular weight is 321 g/mol. The fourth-order valence-corrected chi connectivity index (χ4v) is 2.78. The van der Waals surface area contributed by atoms with Gasteiger partial charge >= 0.3 is 12.0 Å². The lowest BCUT2D eigenvalue weighted by Crippen LogP contribution is -2.44. The number of carbonyl (C=O) groups is 2. The smallest absolute Gasteiger partial charge is 0.321 e. The van der Waals surface area contributed by atoms with Crippen LogP contribution in [-0.4, -0.2) is 40.0 Å². The zero-order chi connectivity index (χ0) is 17.1. The van der Waals surface area contributed by atoms with Gasteiger partial charge in [0.1, 0.15) is 0 Å². The highest BCUT2D eigenvalue weighted by atomic mass is 16.6. The van der Waals surface area contributed by atoms with Crippen LogP contribution >= 0.6 is 0 Å². The zero-order valence-corrected chi connectivity index (χ0v) is 13.0. The summed E-state index contributed by atoms with van der Waals surface area (Å²) in [7, 11) is 0. The Balaban J connectivity index is 2.18. The normalized spacial score (nSPS) is 17.7. The molecule has 1 aromatic rings. The SMILES string of the molecule is Cc1ccc([N+](=O)[O-])c(C)c1NC(=O)N1CCCC(C(=O)O)C1. The van der Waals surface area contributed by atoms with Crippen LogP contribution in [0.2, 0.25) is 0 Å². The summed E-state index contributed by atoms with van der Waals surface area (Å²) in [6.45, 7) is 3.95. The number of likely N-dealkylation sites (tertiary alicyclic amines) is 1. The number of nitrogens with zero attached hydrogens (tertiary/aromatic N) is 2. The second kappa shape index (κ2) is 6.64. The Morgan fingerprint density at radius 2 is 2.09 bits per heavy atom. The number of piperidine rings is 1. The first kappa shape index (κ1) is 16.7. The van der Waals surface area contributed by atoms with E-state index in [2.05, 4.69) is 5.32 Å². The molecule has 2 amide bonds. The molecule has 1 atom stereocenters. The number of amides is 2. The molecule has 1 heterocycles. The molecule has 2 rings (SSSR count). The van der Waals surface area contributed by atoms with Gasteiger partial charge in [0.15, 0.2) is 0 Å². The molecular formula is C15H19N3O5. The first-order valence-electron chi connectivity index (χ1n) is 7.34. The quantitative estimate of drug-likeness (QED) is 0.656. The summed E-state index contributed by atoms with van der Waals surface area (Å²) in [5.74, 6) is -1.48. The monoisotopic (exact) mass is 321 g/mol. The Labute approximate surface area is 133 Å². The summed E-state index contributed by atoms with van der Waals surface area (Å²) in [6, 6.07) is 2.56. The van der Waals surface area contributed by atoms with Gasteiger partial charge in [0.05, 0.1) is 22.1 Å². The minimum Gasteiger partial charge on any atom is -0.481 e. The highest BCUT2D eigenvalue weighted by molar-refractivity contribution is 5.92. The van der Waals surface area contributed by atoms with Gasteiger partial charge in [-0.15, -0.1) is 0 Å². The van der Waals surface area contributed by atoms with Gasteiger partial charge in [0, 0.05) is 19.2 Å². The van der Waals surface area contributed by atoms with Crippen molar-refractivity contribution in [3.63, 3.8) is 0 Å². The van der Waals surface area contributed by atoms with Gasteiger partial charge in [0.2, 0.25) is 0 Å². The van der Waals surface area contributed by atoms with Crippen LogP contribution in [0.4, 0.5) is 16.2 Å². The van der Waals surface area contributed by atoms with Crippen molar-refractivity contribution in [1.29, 1.82) is 0 Å². The lowest BCUT2D eigenvalue weighted by molar-refractivity contribution is -0.385. The van der Waals surface area contributed by atoms with Gasteiger partial charge in [-0.05, 0) is 32.3 Å². The largest absolute Gasteiger partial charge is 0.481 e. The maximum absolute atomic E-state index is 12.4. The third-order valence-electron chi connectivity index (χ3n) is 4.13. The fourth-order valence-electron chi connectivity index (χ4n) is 2.78. The van der Waals surface area contributed by atoms with E-state index in [1.807, 2.05) is 0 Å². The third kappa shape index (κ3) is 3.58. The van der Waals surface area contributed by atoms with Crippen LogP contribution in [0.25, 0.3) is 0 Å². The number of urea groups is 1. The van der Waals surface area contributed by atoms with Gasteiger partial charge in [-0.1, -0.05) is 6.07 Å². The molecule has 1 aliphatic rings. The van der Waals surface area contributed by atoms with Crippen molar-refractivity contribution in [2.45, 2.75) is 26.7 Å². The van der Waals surface area contributed by atoms with Crippen molar-refractivity contribution < 1.29 is 19.6 Å². The lowest BCUT2D eigenvalue weighted by atomic mass is 9.98. The van der Waals surface area contributed by atoms with Crippen molar-refractivity contribution in [3.05, 3.63) is 33.4 Å². The lowest BCUT2D eigenvalue weighted by Gasteiger charge is -2.31. The summed E-state index contributed by atoms with van der Waals surface area (Å²) >= 11 is 0. The Morgan fingerprint density at radius 1 is 1.39 bits per heavy atom. The molecule has 124 valence electrons. The first-order valence-corrected chi connectivity index (χ1v) is 7.34. The minimum atomic E-state index is -0.912. The van der Waals surface area contributed by atoms with E-state index in [0.717, 1.165) is 0 Å². The van der Waals surface area contributed by atoms with Crippen LogP contribution in [0, 0.1) is 29.9 Å². The molecule has 0 saturated carbocycles. The van der Waals surface area contributed by atoms with E-state index < -0.39 is 22.8 Å². The first-order chi connectivity index (χ1) is 10.8. The van der Waals surface area contributed by atoms with Gasteiger partial charge in [0.25, 0.3) is 5.69 Å². The molecule has 8 heteroatoms. The van der Waals surface area contributed by atoms with Crippen molar-refractivity contribution in [2.24, 2.45) is 5.92 Å². The van der Waals surface area contributed by atoms with Crippen molar-refractivity contribution in [1.82, 2.24) is 4.90 Å². The number of rotatable bonds is 3. The molecule has 1 aliphatic heterocycles. The molecule has 8 nitrogen and oxygen atoms in total. The molecule has 0 aliphatic carbocycles. The molecule has 2 N–H and O–H groups in total. The highest BCUT2D eigenvalue weighted by Gasteiger charge is 2.29. The molecule has 0 aromatic heterocycles. The summed E-state index contributed by atoms with van der Waals surface area (Å²) in [5, 5.41) is 22.8. The number of nitro benzene ring substituents is 1. The van der Waals surface area contributed by atoms with E-state index in [0.29, 0.717) is 36.2 Å².